The second kappa shape index (κ2) is 5.83. The lowest BCUT2D eigenvalue weighted by molar-refractivity contribution is -0.166. The van der Waals surface area contributed by atoms with E-state index in [1.165, 1.54) is 12.1 Å². The Morgan fingerprint density at radius 1 is 1.04 bits per heavy atom. The van der Waals surface area contributed by atoms with Crippen molar-refractivity contribution >= 4 is 23.8 Å². The molecule has 0 aliphatic carbocycles. The molecule has 1 aromatic carbocycles. The second-order valence-corrected chi connectivity index (χ2v) is 6.03. The second-order valence-electron chi connectivity index (χ2n) is 6.03. The van der Waals surface area contributed by atoms with Crippen LogP contribution in [0, 0.1) is 11.3 Å². The van der Waals surface area contributed by atoms with Gasteiger partial charge in [0.25, 0.3) is 11.8 Å². The summed E-state index contributed by atoms with van der Waals surface area (Å²) in [6.07, 6.45) is -0.189. The van der Waals surface area contributed by atoms with Crippen molar-refractivity contribution in [3.63, 3.8) is 0 Å². The van der Waals surface area contributed by atoms with E-state index >= 15 is 0 Å². The van der Waals surface area contributed by atoms with Gasteiger partial charge in [0.15, 0.2) is 5.41 Å². The number of carboxylic acids is 2. The number of nitrogens with zero attached hydrogens (tertiary/aromatic N) is 1. The number of fused-ring (bicyclic) bond motifs is 1. The Kier molecular flexibility index (Phi) is 4.22. The maximum atomic E-state index is 12.3. The third-order valence-corrected chi connectivity index (χ3v) is 3.88. The van der Waals surface area contributed by atoms with Crippen molar-refractivity contribution in [2.45, 2.75) is 20.3 Å². The van der Waals surface area contributed by atoms with Crippen LogP contribution in [0.3, 0.4) is 0 Å². The van der Waals surface area contributed by atoms with Gasteiger partial charge in [0.2, 0.25) is 0 Å². The largest absolute Gasteiger partial charge is 0.480 e. The molecule has 7 heteroatoms. The molecule has 0 fully saturated rings. The van der Waals surface area contributed by atoms with Gasteiger partial charge in [-0.25, -0.2) is 0 Å². The standard InChI is InChI=1S/C16H17NO6/c1-9(2)7-16(14(20)21,15(22)23)8-17-12(18)10-5-3-4-6-11(10)13(17)19/h3-6,9H,7-8H2,1-2H3,(H,20,21)(H,22,23). The Balaban J connectivity index is 2.42. The molecule has 0 saturated heterocycles. The van der Waals surface area contributed by atoms with Gasteiger partial charge in [0, 0.05) is 0 Å². The number of benzene rings is 1. The molecule has 2 rings (SSSR count). The van der Waals surface area contributed by atoms with Crippen molar-refractivity contribution in [3.05, 3.63) is 35.4 Å². The fourth-order valence-electron chi connectivity index (χ4n) is 2.82. The zero-order valence-corrected chi connectivity index (χ0v) is 12.8. The van der Waals surface area contributed by atoms with Gasteiger partial charge in [0.05, 0.1) is 17.7 Å². The molecular weight excluding hydrogens is 302 g/mol. The van der Waals surface area contributed by atoms with Crippen LogP contribution < -0.4 is 0 Å². The van der Waals surface area contributed by atoms with Gasteiger partial charge in [-0.05, 0) is 24.5 Å². The SMILES string of the molecule is CC(C)CC(CN1C(=O)c2ccccc2C1=O)(C(=O)O)C(=O)O. The highest BCUT2D eigenvalue weighted by molar-refractivity contribution is 6.21. The van der Waals surface area contributed by atoms with Gasteiger partial charge < -0.3 is 10.2 Å². The van der Waals surface area contributed by atoms with E-state index in [-0.39, 0.29) is 23.5 Å². The highest BCUT2D eigenvalue weighted by atomic mass is 16.4. The molecule has 1 aliphatic rings. The lowest BCUT2D eigenvalue weighted by Crippen LogP contribution is -2.51. The van der Waals surface area contributed by atoms with Crippen molar-refractivity contribution in [3.8, 4) is 0 Å². The topological polar surface area (TPSA) is 112 Å². The Morgan fingerprint density at radius 2 is 1.48 bits per heavy atom. The summed E-state index contributed by atoms with van der Waals surface area (Å²) < 4.78 is 0. The molecule has 7 nitrogen and oxygen atoms in total. The first-order valence-corrected chi connectivity index (χ1v) is 7.12. The predicted molar refractivity (Wildman–Crippen MR) is 79.0 cm³/mol. The number of imide groups is 1. The van der Waals surface area contributed by atoms with E-state index in [0.717, 1.165) is 4.90 Å². The van der Waals surface area contributed by atoms with Gasteiger partial charge in [-0.15, -0.1) is 0 Å². The van der Waals surface area contributed by atoms with E-state index in [0.29, 0.717) is 0 Å². The zero-order valence-electron chi connectivity index (χ0n) is 12.8. The summed E-state index contributed by atoms with van der Waals surface area (Å²) in [7, 11) is 0. The van der Waals surface area contributed by atoms with E-state index in [9.17, 15) is 29.4 Å². The molecule has 0 radical (unpaired) electrons. The summed E-state index contributed by atoms with van der Waals surface area (Å²) in [6, 6.07) is 6.09. The van der Waals surface area contributed by atoms with Crippen molar-refractivity contribution in [2.24, 2.45) is 11.3 Å². The predicted octanol–water partition coefficient (Wildman–Crippen LogP) is 1.48. The molecule has 0 unspecified atom stereocenters. The number of aliphatic carboxylic acids is 2. The molecule has 0 aromatic heterocycles. The van der Waals surface area contributed by atoms with Crippen LogP contribution in [0.15, 0.2) is 24.3 Å². The van der Waals surface area contributed by atoms with Gasteiger partial charge in [-0.2, -0.15) is 0 Å². The highest BCUT2D eigenvalue weighted by Crippen LogP contribution is 2.32. The van der Waals surface area contributed by atoms with Crippen LogP contribution in [0.2, 0.25) is 0 Å². The lowest BCUT2D eigenvalue weighted by Gasteiger charge is -2.30. The lowest BCUT2D eigenvalue weighted by atomic mass is 9.79. The molecule has 0 spiro atoms. The number of hydrogen-bond acceptors (Lipinski definition) is 4. The molecule has 0 saturated carbocycles. The minimum Gasteiger partial charge on any atom is -0.480 e. The average molecular weight is 319 g/mol. The van der Waals surface area contributed by atoms with Crippen LogP contribution in [0.4, 0.5) is 0 Å². The minimum atomic E-state index is -2.22. The van der Waals surface area contributed by atoms with Crippen LogP contribution in [0.1, 0.15) is 41.0 Å². The summed E-state index contributed by atoms with van der Waals surface area (Å²) in [4.78, 5) is 48.7. The normalized spacial score (nSPS) is 14.3. The van der Waals surface area contributed by atoms with Crippen LogP contribution in [0.25, 0.3) is 0 Å². The van der Waals surface area contributed by atoms with Crippen molar-refractivity contribution in [2.75, 3.05) is 6.54 Å². The number of rotatable bonds is 6. The van der Waals surface area contributed by atoms with Crippen molar-refractivity contribution in [1.29, 1.82) is 0 Å². The molecule has 2 N–H and O–H groups in total. The van der Waals surface area contributed by atoms with Gasteiger partial charge in [-0.1, -0.05) is 26.0 Å². The smallest absolute Gasteiger partial charge is 0.322 e. The molecule has 1 aliphatic heterocycles. The Hall–Kier alpha value is -2.70. The number of carboxylic acid groups (broad SMARTS) is 2. The maximum absolute atomic E-state index is 12.3. The number of carbonyl (C=O) groups is 4. The Bertz CT molecular complexity index is 645. The zero-order chi connectivity index (χ0) is 17.4. The molecule has 0 atom stereocenters. The molecule has 23 heavy (non-hydrogen) atoms. The summed E-state index contributed by atoms with van der Waals surface area (Å²) in [5, 5.41) is 18.9. The molecular formula is C16H17NO6. The fourth-order valence-corrected chi connectivity index (χ4v) is 2.82. The third kappa shape index (κ3) is 2.69. The van der Waals surface area contributed by atoms with Crippen LogP contribution in [-0.4, -0.2) is 45.4 Å². The third-order valence-electron chi connectivity index (χ3n) is 3.88. The van der Waals surface area contributed by atoms with E-state index in [1.807, 2.05) is 0 Å². The maximum Gasteiger partial charge on any atom is 0.322 e. The van der Waals surface area contributed by atoms with Gasteiger partial charge in [0.1, 0.15) is 0 Å². The molecule has 0 bridgehead atoms. The van der Waals surface area contributed by atoms with Crippen molar-refractivity contribution < 1.29 is 29.4 Å². The van der Waals surface area contributed by atoms with Gasteiger partial charge >= 0.3 is 11.9 Å². The quantitative estimate of drug-likeness (QED) is 0.607. The van der Waals surface area contributed by atoms with E-state index in [1.54, 1.807) is 26.0 Å². The summed E-state index contributed by atoms with van der Waals surface area (Å²) in [5.74, 6) is -4.69. The first-order chi connectivity index (χ1) is 10.7. The number of carbonyl (C=O) groups excluding carboxylic acids is 2. The molecule has 2 amide bonds. The summed E-state index contributed by atoms with van der Waals surface area (Å²) in [6.45, 7) is 2.67. The van der Waals surface area contributed by atoms with E-state index < -0.39 is 35.7 Å². The Labute approximate surface area is 132 Å². The molecule has 1 aromatic rings. The highest BCUT2D eigenvalue weighted by Gasteiger charge is 2.51. The van der Waals surface area contributed by atoms with Crippen LogP contribution in [-0.2, 0) is 9.59 Å². The minimum absolute atomic E-state index is 0.159. The van der Waals surface area contributed by atoms with Gasteiger partial charge in [-0.3, -0.25) is 24.1 Å². The molecule has 1 heterocycles. The Morgan fingerprint density at radius 3 is 1.83 bits per heavy atom. The first kappa shape index (κ1) is 16.7. The molecule has 122 valence electrons. The number of hydrogen-bond donors (Lipinski definition) is 2. The summed E-state index contributed by atoms with van der Waals surface area (Å²) >= 11 is 0. The first-order valence-electron chi connectivity index (χ1n) is 7.12. The van der Waals surface area contributed by atoms with Crippen LogP contribution in [0.5, 0.6) is 0 Å². The average Bonchev–Trinajstić information content (AvgIpc) is 2.71. The monoisotopic (exact) mass is 319 g/mol. The van der Waals surface area contributed by atoms with Crippen molar-refractivity contribution in [1.82, 2.24) is 4.90 Å². The van der Waals surface area contributed by atoms with E-state index in [2.05, 4.69) is 0 Å². The number of amides is 2. The fraction of sp³-hybridized carbons (Fsp3) is 0.375. The van der Waals surface area contributed by atoms with Crippen LogP contribution >= 0.6 is 0 Å². The van der Waals surface area contributed by atoms with E-state index in [4.69, 9.17) is 0 Å². The summed E-state index contributed by atoms with van der Waals surface area (Å²) in [5.41, 5.74) is -1.90.